The number of aliphatic hydroxyl groups excluding tert-OH is 2. The predicted octanol–water partition coefficient (Wildman–Crippen LogP) is 4.96. The Bertz CT molecular complexity index is 1220. The SMILES string of the molecule is C/C(=C\C=C\[C@@H](C)COC(=O)N1CCC[C@@H]1CO)[C@H]1OC(=O)C[C@@H](O)CC[C@](C)(O)[C@H](OC(=O)N2CCN(C3CCCCCC3)CC2)/C=C/[C@@H]1C. The van der Waals surface area contributed by atoms with Gasteiger partial charge in [-0.25, -0.2) is 9.59 Å². The minimum Gasteiger partial charge on any atom is -0.457 e. The molecule has 0 radical (unpaired) electrons. The summed E-state index contributed by atoms with van der Waals surface area (Å²) in [5.41, 5.74) is -0.726. The largest absolute Gasteiger partial charge is 0.457 e. The number of hydrogen-bond acceptors (Lipinski definition) is 10. The van der Waals surface area contributed by atoms with Crippen molar-refractivity contribution in [1.82, 2.24) is 14.7 Å². The van der Waals surface area contributed by atoms with Crippen LogP contribution in [0, 0.1) is 11.8 Å². The maximum atomic E-state index is 13.4. The van der Waals surface area contributed by atoms with Gasteiger partial charge in [-0.2, -0.15) is 0 Å². The fourth-order valence-corrected chi connectivity index (χ4v) is 7.63. The van der Waals surface area contributed by atoms with Crippen LogP contribution in [0.1, 0.15) is 98.3 Å². The quantitative estimate of drug-likeness (QED) is 0.103. The number of rotatable bonds is 8. The average Bonchev–Trinajstić information content (AvgIpc) is 3.43. The summed E-state index contributed by atoms with van der Waals surface area (Å²) in [4.78, 5) is 44.6. The molecule has 1 aliphatic carbocycles. The van der Waals surface area contributed by atoms with Gasteiger partial charge in [-0.05, 0) is 64.0 Å². The van der Waals surface area contributed by atoms with Crippen LogP contribution in [0.5, 0.6) is 0 Å². The molecule has 3 aliphatic heterocycles. The van der Waals surface area contributed by atoms with Gasteiger partial charge in [-0.3, -0.25) is 9.69 Å². The lowest BCUT2D eigenvalue weighted by molar-refractivity contribution is -0.151. The van der Waals surface area contributed by atoms with Crippen LogP contribution < -0.4 is 0 Å². The first-order valence-corrected chi connectivity index (χ1v) is 19.2. The van der Waals surface area contributed by atoms with Crippen LogP contribution in [0.4, 0.5) is 9.59 Å². The molecule has 0 aromatic heterocycles. The molecule has 2 amide bonds. The number of esters is 1. The number of piperazine rings is 1. The predicted molar refractivity (Wildman–Crippen MR) is 194 cm³/mol. The van der Waals surface area contributed by atoms with E-state index < -0.39 is 42.1 Å². The molecule has 4 aliphatic rings. The fourth-order valence-electron chi connectivity index (χ4n) is 7.63. The third-order valence-corrected chi connectivity index (χ3v) is 11.0. The Morgan fingerprint density at radius 1 is 1.02 bits per heavy atom. The van der Waals surface area contributed by atoms with E-state index in [4.69, 9.17) is 14.2 Å². The molecule has 12 heteroatoms. The normalized spacial score (nSPS) is 32.4. The van der Waals surface area contributed by atoms with E-state index in [9.17, 15) is 29.7 Å². The highest BCUT2D eigenvalue weighted by atomic mass is 16.6. The van der Waals surface area contributed by atoms with Gasteiger partial charge in [0.05, 0.1) is 31.8 Å². The van der Waals surface area contributed by atoms with Crippen molar-refractivity contribution >= 4 is 18.2 Å². The van der Waals surface area contributed by atoms with Crippen LogP contribution in [-0.4, -0.2) is 130 Å². The highest BCUT2D eigenvalue weighted by Gasteiger charge is 2.37. The third kappa shape index (κ3) is 12.3. The maximum absolute atomic E-state index is 13.4. The highest BCUT2D eigenvalue weighted by Crippen LogP contribution is 2.28. The zero-order chi connectivity index (χ0) is 37.0. The van der Waals surface area contributed by atoms with Gasteiger partial charge >= 0.3 is 18.2 Å². The monoisotopic (exact) mass is 717 g/mol. The van der Waals surface area contributed by atoms with Gasteiger partial charge in [0.15, 0.2) is 6.10 Å². The average molecular weight is 718 g/mol. The van der Waals surface area contributed by atoms with Crippen molar-refractivity contribution in [2.75, 3.05) is 45.9 Å². The van der Waals surface area contributed by atoms with E-state index in [1.807, 2.05) is 45.1 Å². The topological polar surface area (TPSA) is 149 Å². The molecule has 0 spiro atoms. The van der Waals surface area contributed by atoms with Crippen LogP contribution in [0.3, 0.4) is 0 Å². The van der Waals surface area contributed by atoms with Gasteiger partial charge in [0, 0.05) is 50.6 Å². The highest BCUT2D eigenvalue weighted by molar-refractivity contribution is 5.70. The molecular weight excluding hydrogens is 654 g/mol. The molecular formula is C39H63N3O9. The van der Waals surface area contributed by atoms with Gasteiger partial charge in [0.2, 0.25) is 0 Å². The number of aliphatic hydroxyl groups is 3. The molecule has 4 rings (SSSR count). The van der Waals surface area contributed by atoms with Crippen LogP contribution >= 0.6 is 0 Å². The number of ether oxygens (including phenoxy) is 3. The summed E-state index contributed by atoms with van der Waals surface area (Å²) < 4.78 is 17.4. The lowest BCUT2D eigenvalue weighted by Gasteiger charge is -2.40. The molecule has 288 valence electrons. The molecule has 0 aromatic carbocycles. The van der Waals surface area contributed by atoms with Gasteiger partial charge in [0.1, 0.15) is 11.7 Å². The van der Waals surface area contributed by atoms with Gasteiger partial charge in [-0.1, -0.05) is 63.8 Å². The Balaban J connectivity index is 1.39. The first-order valence-electron chi connectivity index (χ1n) is 19.2. The maximum Gasteiger partial charge on any atom is 0.410 e. The Morgan fingerprint density at radius 3 is 2.41 bits per heavy atom. The smallest absolute Gasteiger partial charge is 0.410 e. The molecule has 2 saturated heterocycles. The van der Waals surface area contributed by atoms with E-state index in [0.717, 1.165) is 31.5 Å². The van der Waals surface area contributed by atoms with Crippen LogP contribution in [0.2, 0.25) is 0 Å². The van der Waals surface area contributed by atoms with Crippen molar-refractivity contribution in [3.8, 4) is 0 Å². The molecule has 0 bridgehead atoms. The summed E-state index contributed by atoms with van der Waals surface area (Å²) in [6.07, 6.45) is 14.7. The second-order valence-electron chi connectivity index (χ2n) is 15.4. The summed E-state index contributed by atoms with van der Waals surface area (Å²) in [5.74, 6) is -0.982. The molecule has 0 aromatic rings. The molecule has 12 nitrogen and oxygen atoms in total. The molecule has 1 saturated carbocycles. The standard InChI is InChI=1S/C39H63N3O9/c1-28(27-49-38(47)42-20-10-15-32(42)26-43)11-9-12-29(2)36-30(3)16-17-34(39(4,48)19-18-33(44)25-35(45)51-36)50-37(46)41-23-21-40(22-24-41)31-13-7-5-6-8-14-31/h9,11-12,16-17,28,30-34,36,43-44,48H,5-8,10,13-15,18-27H2,1-4H3/b11-9+,17-16+,29-12+/t28-,30+,32-,33+,34-,36-,39+/m1/s1. The van der Waals surface area contributed by atoms with E-state index in [0.29, 0.717) is 25.7 Å². The Hall–Kier alpha value is -2.93. The van der Waals surface area contributed by atoms with E-state index in [1.165, 1.54) is 38.5 Å². The van der Waals surface area contributed by atoms with Crippen molar-refractivity contribution in [3.05, 3.63) is 36.0 Å². The number of hydrogen-bond donors (Lipinski definition) is 3. The summed E-state index contributed by atoms with van der Waals surface area (Å²) in [5, 5.41) is 31.7. The zero-order valence-electron chi connectivity index (χ0n) is 31.3. The van der Waals surface area contributed by atoms with Gasteiger partial charge < -0.3 is 39.3 Å². The van der Waals surface area contributed by atoms with Crippen molar-refractivity contribution in [2.45, 2.75) is 134 Å². The van der Waals surface area contributed by atoms with Crippen molar-refractivity contribution < 1.29 is 43.9 Å². The number of carbonyl (C=O) groups is 3. The number of nitrogens with zero attached hydrogens (tertiary/aromatic N) is 3. The van der Waals surface area contributed by atoms with E-state index in [1.54, 1.807) is 22.8 Å². The molecule has 3 heterocycles. The summed E-state index contributed by atoms with van der Waals surface area (Å²) in [6.45, 7) is 10.7. The first-order chi connectivity index (χ1) is 24.4. The number of carbonyl (C=O) groups excluding carboxylic acids is 3. The van der Waals surface area contributed by atoms with Gasteiger partial charge in [-0.15, -0.1) is 0 Å². The summed E-state index contributed by atoms with van der Waals surface area (Å²) in [7, 11) is 0. The van der Waals surface area contributed by atoms with Crippen LogP contribution in [0.25, 0.3) is 0 Å². The Morgan fingerprint density at radius 2 is 1.73 bits per heavy atom. The first kappa shape index (κ1) is 40.8. The summed E-state index contributed by atoms with van der Waals surface area (Å²) >= 11 is 0. The molecule has 51 heavy (non-hydrogen) atoms. The number of allylic oxidation sites excluding steroid dienone is 2. The molecule has 3 N–H and O–H groups in total. The second-order valence-corrected chi connectivity index (χ2v) is 15.4. The van der Waals surface area contributed by atoms with E-state index >= 15 is 0 Å². The lowest BCUT2D eigenvalue weighted by Crippen LogP contribution is -2.53. The zero-order valence-corrected chi connectivity index (χ0v) is 31.3. The fraction of sp³-hybridized carbons (Fsp3) is 0.769. The number of likely N-dealkylation sites (tertiary alicyclic amines) is 1. The molecule has 3 fully saturated rings. The molecule has 7 atom stereocenters. The van der Waals surface area contributed by atoms with Crippen LogP contribution in [0.15, 0.2) is 36.0 Å². The van der Waals surface area contributed by atoms with E-state index in [-0.39, 0.29) is 50.4 Å². The van der Waals surface area contributed by atoms with Crippen molar-refractivity contribution in [2.24, 2.45) is 11.8 Å². The summed E-state index contributed by atoms with van der Waals surface area (Å²) in [6, 6.07) is 0.391. The van der Waals surface area contributed by atoms with E-state index in [2.05, 4.69) is 4.90 Å². The van der Waals surface area contributed by atoms with Crippen molar-refractivity contribution in [3.63, 3.8) is 0 Å². The number of amides is 2. The van der Waals surface area contributed by atoms with Crippen LogP contribution in [-0.2, 0) is 19.0 Å². The second kappa shape index (κ2) is 19.8. The lowest BCUT2D eigenvalue weighted by atomic mass is 9.89. The Labute approximate surface area is 304 Å². The van der Waals surface area contributed by atoms with Crippen molar-refractivity contribution in [1.29, 1.82) is 0 Å². The van der Waals surface area contributed by atoms with Gasteiger partial charge in [0.25, 0.3) is 0 Å². The minimum atomic E-state index is -1.48. The Kier molecular flexibility index (Phi) is 15.8. The number of cyclic esters (lactones) is 1. The molecule has 0 unspecified atom stereocenters. The third-order valence-electron chi connectivity index (χ3n) is 11.0. The minimum absolute atomic E-state index is 0.0735.